The molecule has 0 aliphatic rings. The number of hydrogen-bond acceptors (Lipinski definition) is 2. The molecule has 0 rings (SSSR count). The van der Waals surface area contributed by atoms with Gasteiger partial charge >= 0.3 is 0 Å². The highest BCUT2D eigenvalue weighted by Crippen LogP contribution is 2.20. The summed E-state index contributed by atoms with van der Waals surface area (Å²) in [6.45, 7) is 12.6. The van der Waals surface area contributed by atoms with Gasteiger partial charge in [-0.3, -0.25) is 0 Å². The summed E-state index contributed by atoms with van der Waals surface area (Å²) in [5.74, 6) is 0.415. The lowest BCUT2D eigenvalue weighted by Gasteiger charge is -2.31. The molecule has 0 aliphatic carbocycles. The Morgan fingerprint density at radius 3 is 1.85 bits per heavy atom. The molecular weight excluding hydrogens is 180 g/mol. The van der Waals surface area contributed by atoms with Gasteiger partial charge in [0.05, 0.1) is 6.10 Å². The molecule has 0 radical (unpaired) electrons. The molecule has 2 nitrogen and oxygen atoms in total. The highest BCUT2D eigenvalue weighted by molar-refractivity contribution is 6.69. The minimum Gasteiger partial charge on any atom is -0.414 e. The molecule has 0 aromatic heterocycles. The molecule has 0 aromatic rings. The zero-order valence-corrected chi connectivity index (χ0v) is 10.6. The summed E-state index contributed by atoms with van der Waals surface area (Å²) in [6.07, 6.45) is 1.08. The molecule has 2 atom stereocenters. The Labute approximate surface area is 82.8 Å². The molecular formula is C10H22O2Si. The Hall–Kier alpha value is -0.153. The van der Waals surface area contributed by atoms with Crippen LogP contribution in [0.5, 0.6) is 0 Å². The van der Waals surface area contributed by atoms with E-state index in [1.165, 1.54) is 0 Å². The first-order valence-corrected chi connectivity index (χ1v) is 8.32. The summed E-state index contributed by atoms with van der Waals surface area (Å²) >= 11 is 0. The van der Waals surface area contributed by atoms with Gasteiger partial charge in [0, 0.05) is 5.92 Å². The van der Waals surface area contributed by atoms with Crippen molar-refractivity contribution in [2.24, 2.45) is 11.8 Å². The zero-order valence-electron chi connectivity index (χ0n) is 9.63. The minimum absolute atomic E-state index is 0.00623. The van der Waals surface area contributed by atoms with Crippen LogP contribution >= 0.6 is 0 Å². The van der Waals surface area contributed by atoms with Gasteiger partial charge in [0.25, 0.3) is 0 Å². The predicted octanol–water partition coefficient (Wildman–Crippen LogP) is 2.70. The maximum Gasteiger partial charge on any atom is 0.184 e. The second kappa shape index (κ2) is 4.91. The first-order chi connectivity index (χ1) is 5.78. The van der Waals surface area contributed by atoms with Gasteiger partial charge in [-0.1, -0.05) is 20.8 Å². The smallest absolute Gasteiger partial charge is 0.184 e. The fourth-order valence-electron chi connectivity index (χ4n) is 1.34. The van der Waals surface area contributed by atoms with Gasteiger partial charge in [0.1, 0.15) is 6.29 Å². The monoisotopic (exact) mass is 202 g/mol. The summed E-state index contributed by atoms with van der Waals surface area (Å²) < 4.78 is 5.96. The van der Waals surface area contributed by atoms with Crippen LogP contribution in [0.2, 0.25) is 19.6 Å². The SMILES string of the molecule is CC(C)[C@H](O[Si](C)(C)C)[C@@H](C)C=O. The average Bonchev–Trinajstić information content (AvgIpc) is 1.96. The van der Waals surface area contributed by atoms with Crippen LogP contribution in [-0.4, -0.2) is 20.7 Å². The molecule has 0 spiro atoms. The van der Waals surface area contributed by atoms with E-state index in [9.17, 15) is 4.79 Å². The molecule has 0 unspecified atom stereocenters. The quantitative estimate of drug-likeness (QED) is 0.506. The van der Waals surface area contributed by atoms with E-state index in [4.69, 9.17) is 4.43 Å². The van der Waals surface area contributed by atoms with Crippen LogP contribution in [0.15, 0.2) is 0 Å². The lowest BCUT2D eigenvalue weighted by molar-refractivity contribution is -0.114. The fraction of sp³-hybridized carbons (Fsp3) is 0.900. The van der Waals surface area contributed by atoms with Crippen LogP contribution in [0.25, 0.3) is 0 Å². The van der Waals surface area contributed by atoms with E-state index in [2.05, 4.69) is 33.5 Å². The summed E-state index contributed by atoms with van der Waals surface area (Å²) in [5, 5.41) is 0. The van der Waals surface area contributed by atoms with E-state index in [1.807, 2.05) is 6.92 Å². The molecule has 0 aliphatic heterocycles. The molecule has 0 saturated heterocycles. The van der Waals surface area contributed by atoms with Gasteiger partial charge in [0.15, 0.2) is 8.32 Å². The lowest BCUT2D eigenvalue weighted by Crippen LogP contribution is -2.39. The normalized spacial score (nSPS) is 17.2. The molecule has 0 N–H and O–H groups in total. The summed E-state index contributed by atoms with van der Waals surface area (Å²) in [6, 6.07) is 0. The van der Waals surface area contributed by atoms with Crippen LogP contribution in [0.4, 0.5) is 0 Å². The van der Waals surface area contributed by atoms with E-state index in [-0.39, 0.29) is 12.0 Å². The number of carbonyl (C=O) groups is 1. The van der Waals surface area contributed by atoms with Crippen molar-refractivity contribution in [3.8, 4) is 0 Å². The first kappa shape index (κ1) is 12.8. The van der Waals surface area contributed by atoms with E-state index in [0.717, 1.165) is 6.29 Å². The van der Waals surface area contributed by atoms with Gasteiger partial charge in [-0.05, 0) is 25.6 Å². The lowest BCUT2D eigenvalue weighted by atomic mass is 9.96. The molecule has 78 valence electrons. The van der Waals surface area contributed by atoms with Gasteiger partial charge in [-0.2, -0.15) is 0 Å². The van der Waals surface area contributed by atoms with Gasteiger partial charge in [-0.15, -0.1) is 0 Å². The second-order valence-electron chi connectivity index (χ2n) is 4.93. The van der Waals surface area contributed by atoms with Crippen LogP contribution in [0.1, 0.15) is 20.8 Å². The number of hydrogen-bond donors (Lipinski definition) is 0. The summed E-state index contributed by atoms with van der Waals surface area (Å²) in [7, 11) is -1.52. The Morgan fingerprint density at radius 2 is 1.62 bits per heavy atom. The first-order valence-electron chi connectivity index (χ1n) is 4.91. The molecule has 0 bridgehead atoms. The van der Waals surface area contributed by atoms with Gasteiger partial charge in [0.2, 0.25) is 0 Å². The third-order valence-electron chi connectivity index (χ3n) is 1.88. The van der Waals surface area contributed by atoms with Crippen molar-refractivity contribution in [1.82, 2.24) is 0 Å². The van der Waals surface area contributed by atoms with Crippen LogP contribution in [0.3, 0.4) is 0 Å². The second-order valence-corrected chi connectivity index (χ2v) is 9.39. The number of aldehydes is 1. The van der Waals surface area contributed by atoms with Crippen molar-refractivity contribution in [3.05, 3.63) is 0 Å². The molecule has 0 amide bonds. The van der Waals surface area contributed by atoms with E-state index in [0.29, 0.717) is 5.92 Å². The van der Waals surface area contributed by atoms with Crippen molar-refractivity contribution >= 4 is 14.6 Å². The van der Waals surface area contributed by atoms with E-state index in [1.54, 1.807) is 0 Å². The van der Waals surface area contributed by atoms with Crippen LogP contribution in [-0.2, 0) is 9.22 Å². The topological polar surface area (TPSA) is 26.3 Å². The molecule has 3 heteroatoms. The zero-order chi connectivity index (χ0) is 10.6. The Kier molecular flexibility index (Phi) is 4.85. The van der Waals surface area contributed by atoms with Crippen molar-refractivity contribution in [3.63, 3.8) is 0 Å². The maximum atomic E-state index is 10.7. The van der Waals surface area contributed by atoms with Gasteiger partial charge in [-0.25, -0.2) is 0 Å². The fourth-order valence-corrected chi connectivity index (χ4v) is 2.64. The van der Waals surface area contributed by atoms with E-state index >= 15 is 0 Å². The van der Waals surface area contributed by atoms with E-state index < -0.39 is 8.32 Å². The average molecular weight is 202 g/mol. The standard InChI is InChI=1S/C10H22O2Si/c1-8(2)10(9(3)7-11)12-13(4,5)6/h7-10H,1-6H3/t9-,10-/m0/s1. The highest BCUT2D eigenvalue weighted by atomic mass is 28.4. The maximum absolute atomic E-state index is 10.7. The van der Waals surface area contributed by atoms with Crippen molar-refractivity contribution in [2.45, 2.75) is 46.5 Å². The molecule has 0 heterocycles. The summed E-state index contributed by atoms with van der Waals surface area (Å²) in [4.78, 5) is 10.7. The summed E-state index contributed by atoms with van der Waals surface area (Å²) in [5.41, 5.74) is 0. The van der Waals surface area contributed by atoms with Crippen LogP contribution < -0.4 is 0 Å². The Morgan fingerprint density at radius 1 is 1.15 bits per heavy atom. The van der Waals surface area contributed by atoms with Crippen molar-refractivity contribution in [2.75, 3.05) is 0 Å². The third-order valence-corrected chi connectivity index (χ3v) is 2.86. The number of carbonyl (C=O) groups excluding carboxylic acids is 1. The van der Waals surface area contributed by atoms with Crippen LogP contribution in [0, 0.1) is 11.8 Å². The molecule has 0 fully saturated rings. The third kappa shape index (κ3) is 5.21. The Bertz CT molecular complexity index is 161. The Balaban J connectivity index is 4.35. The minimum atomic E-state index is -1.52. The molecule has 0 saturated carbocycles. The highest BCUT2D eigenvalue weighted by Gasteiger charge is 2.27. The van der Waals surface area contributed by atoms with Crippen molar-refractivity contribution < 1.29 is 9.22 Å². The number of rotatable bonds is 5. The molecule has 13 heavy (non-hydrogen) atoms. The van der Waals surface area contributed by atoms with Gasteiger partial charge < -0.3 is 9.22 Å². The largest absolute Gasteiger partial charge is 0.414 e. The predicted molar refractivity (Wildman–Crippen MR) is 58.3 cm³/mol. The van der Waals surface area contributed by atoms with Crippen molar-refractivity contribution in [1.29, 1.82) is 0 Å². The molecule has 0 aromatic carbocycles.